The van der Waals surface area contributed by atoms with Crippen molar-refractivity contribution >= 4 is 40.9 Å². The van der Waals surface area contributed by atoms with E-state index in [1.165, 1.54) is 11.8 Å². The number of carboxylic acid groups (broad SMARTS) is 1. The van der Waals surface area contributed by atoms with Crippen LogP contribution in [0.3, 0.4) is 0 Å². The first-order chi connectivity index (χ1) is 6.59. The Balaban J connectivity index is 2.25. The van der Waals surface area contributed by atoms with Crippen molar-refractivity contribution in [3.63, 3.8) is 0 Å². The Morgan fingerprint density at radius 2 is 2.36 bits per heavy atom. The van der Waals surface area contributed by atoms with Gasteiger partial charge in [-0.1, -0.05) is 0 Å². The second-order valence-corrected chi connectivity index (χ2v) is 4.46. The van der Waals surface area contributed by atoms with Gasteiger partial charge in [-0.05, 0) is 23.7 Å². The maximum atomic E-state index is 10.4. The van der Waals surface area contributed by atoms with Crippen LogP contribution in [-0.4, -0.2) is 22.2 Å². The van der Waals surface area contributed by atoms with E-state index in [1.54, 1.807) is 12.1 Å². The van der Waals surface area contributed by atoms with E-state index in [0.29, 0.717) is 22.5 Å². The van der Waals surface area contributed by atoms with Gasteiger partial charge in [-0.15, -0.1) is 11.6 Å². The first-order valence-corrected chi connectivity index (χ1v) is 5.75. The standard InChI is InChI=1S/C8H8Cl2O3S/c9-6(8(11)12)4-14-3-5-1-2-7(10)13-5/h1-2,6H,3-4H2,(H,11,12). The quantitative estimate of drug-likeness (QED) is 0.822. The number of hydrogen-bond acceptors (Lipinski definition) is 3. The first-order valence-electron chi connectivity index (χ1n) is 3.78. The minimum Gasteiger partial charge on any atom is -0.480 e. The predicted molar refractivity (Wildman–Crippen MR) is 57.2 cm³/mol. The highest BCUT2D eigenvalue weighted by Gasteiger charge is 2.13. The van der Waals surface area contributed by atoms with Gasteiger partial charge in [0.15, 0.2) is 5.22 Å². The molecule has 0 aliphatic rings. The van der Waals surface area contributed by atoms with Crippen LogP contribution in [0.5, 0.6) is 0 Å². The summed E-state index contributed by atoms with van der Waals surface area (Å²) >= 11 is 12.5. The highest BCUT2D eigenvalue weighted by molar-refractivity contribution is 7.98. The fraction of sp³-hybridized carbons (Fsp3) is 0.375. The molecule has 1 atom stereocenters. The Labute approximate surface area is 95.4 Å². The number of hydrogen-bond donors (Lipinski definition) is 1. The highest BCUT2D eigenvalue weighted by Crippen LogP contribution is 2.19. The number of carbonyl (C=O) groups is 1. The summed E-state index contributed by atoms with van der Waals surface area (Å²) in [7, 11) is 0. The lowest BCUT2D eigenvalue weighted by Gasteiger charge is -2.01. The van der Waals surface area contributed by atoms with Crippen LogP contribution < -0.4 is 0 Å². The Hall–Kier alpha value is -0.320. The summed E-state index contributed by atoms with van der Waals surface area (Å²) in [5.41, 5.74) is 0. The van der Waals surface area contributed by atoms with Gasteiger partial charge < -0.3 is 9.52 Å². The molecule has 0 radical (unpaired) electrons. The maximum Gasteiger partial charge on any atom is 0.322 e. The molecule has 1 heterocycles. The number of furan rings is 1. The smallest absolute Gasteiger partial charge is 0.322 e. The third-order valence-corrected chi connectivity index (χ3v) is 3.19. The normalized spacial score (nSPS) is 12.7. The Morgan fingerprint density at radius 1 is 1.64 bits per heavy atom. The average molecular weight is 255 g/mol. The number of rotatable bonds is 5. The molecule has 6 heteroatoms. The van der Waals surface area contributed by atoms with E-state index < -0.39 is 11.3 Å². The van der Waals surface area contributed by atoms with Gasteiger partial charge >= 0.3 is 5.97 Å². The van der Waals surface area contributed by atoms with Crippen LogP contribution in [0, 0.1) is 0 Å². The molecule has 0 aliphatic heterocycles. The SMILES string of the molecule is O=C(O)C(Cl)CSCc1ccc(Cl)o1. The number of halogens is 2. The van der Waals surface area contributed by atoms with Crippen LogP contribution in [0.1, 0.15) is 5.76 Å². The van der Waals surface area contributed by atoms with Gasteiger partial charge in [0.1, 0.15) is 11.1 Å². The van der Waals surface area contributed by atoms with Crippen molar-refractivity contribution < 1.29 is 14.3 Å². The van der Waals surface area contributed by atoms with E-state index in [1.807, 2.05) is 0 Å². The largest absolute Gasteiger partial charge is 0.480 e. The molecule has 1 unspecified atom stereocenters. The summed E-state index contributed by atoms with van der Waals surface area (Å²) in [6.07, 6.45) is 0. The van der Waals surface area contributed by atoms with Gasteiger partial charge in [-0.3, -0.25) is 4.79 Å². The van der Waals surface area contributed by atoms with Gasteiger partial charge in [0, 0.05) is 5.75 Å². The van der Waals surface area contributed by atoms with Gasteiger partial charge in [0.2, 0.25) is 0 Å². The molecule has 0 saturated heterocycles. The molecule has 0 spiro atoms. The Bertz CT molecular complexity index is 313. The molecule has 1 aromatic heterocycles. The Morgan fingerprint density at radius 3 is 2.86 bits per heavy atom. The zero-order valence-electron chi connectivity index (χ0n) is 7.07. The predicted octanol–water partition coefficient (Wildman–Crippen LogP) is 2.86. The fourth-order valence-corrected chi connectivity index (χ4v) is 2.02. The molecule has 1 aromatic rings. The zero-order chi connectivity index (χ0) is 10.6. The third-order valence-electron chi connectivity index (χ3n) is 1.41. The van der Waals surface area contributed by atoms with Crippen molar-refractivity contribution in [1.82, 2.24) is 0 Å². The van der Waals surface area contributed by atoms with Crippen LogP contribution in [0.4, 0.5) is 0 Å². The zero-order valence-corrected chi connectivity index (χ0v) is 9.40. The summed E-state index contributed by atoms with van der Waals surface area (Å²) in [5.74, 6) is 0.629. The molecule has 0 amide bonds. The molecule has 1 N–H and O–H groups in total. The average Bonchev–Trinajstić information content (AvgIpc) is 2.51. The maximum absolute atomic E-state index is 10.4. The van der Waals surface area contributed by atoms with Crippen molar-refractivity contribution in [1.29, 1.82) is 0 Å². The Kier molecular flexibility index (Phi) is 4.65. The number of aliphatic carboxylic acids is 1. The van der Waals surface area contributed by atoms with Crippen LogP contribution >= 0.6 is 35.0 Å². The molecular formula is C8H8Cl2O3S. The van der Waals surface area contributed by atoms with E-state index in [4.69, 9.17) is 32.7 Å². The van der Waals surface area contributed by atoms with Gasteiger partial charge in [0.25, 0.3) is 0 Å². The number of thioether (sulfide) groups is 1. The second kappa shape index (κ2) is 5.53. The monoisotopic (exact) mass is 254 g/mol. The van der Waals surface area contributed by atoms with E-state index in [-0.39, 0.29) is 0 Å². The van der Waals surface area contributed by atoms with Crippen molar-refractivity contribution in [2.45, 2.75) is 11.1 Å². The molecule has 0 bridgehead atoms. The molecule has 3 nitrogen and oxygen atoms in total. The summed E-state index contributed by atoms with van der Waals surface area (Å²) in [6.45, 7) is 0. The van der Waals surface area contributed by atoms with Crippen LogP contribution in [0.15, 0.2) is 16.5 Å². The van der Waals surface area contributed by atoms with Crippen LogP contribution in [0.25, 0.3) is 0 Å². The van der Waals surface area contributed by atoms with Crippen molar-refractivity contribution in [3.05, 3.63) is 23.1 Å². The molecular weight excluding hydrogens is 247 g/mol. The molecule has 0 aromatic carbocycles. The van der Waals surface area contributed by atoms with E-state index in [2.05, 4.69) is 0 Å². The van der Waals surface area contributed by atoms with Gasteiger partial charge in [-0.25, -0.2) is 0 Å². The molecule has 0 aliphatic carbocycles. The third kappa shape index (κ3) is 3.82. The fourth-order valence-electron chi connectivity index (χ4n) is 0.764. The summed E-state index contributed by atoms with van der Waals surface area (Å²) in [6, 6.07) is 3.40. The van der Waals surface area contributed by atoms with Crippen molar-refractivity contribution in [2.75, 3.05) is 5.75 Å². The van der Waals surface area contributed by atoms with E-state index in [0.717, 1.165) is 0 Å². The number of carboxylic acids is 1. The molecule has 14 heavy (non-hydrogen) atoms. The lowest BCUT2D eigenvalue weighted by atomic mass is 10.5. The highest BCUT2D eigenvalue weighted by atomic mass is 35.5. The lowest BCUT2D eigenvalue weighted by Crippen LogP contribution is -2.15. The van der Waals surface area contributed by atoms with E-state index >= 15 is 0 Å². The topological polar surface area (TPSA) is 50.4 Å². The van der Waals surface area contributed by atoms with Crippen molar-refractivity contribution in [3.8, 4) is 0 Å². The summed E-state index contributed by atoms with van der Waals surface area (Å²) in [4.78, 5) is 10.4. The first kappa shape index (κ1) is 11.8. The van der Waals surface area contributed by atoms with Gasteiger partial charge in [-0.2, -0.15) is 11.8 Å². The minimum atomic E-state index is -1.00. The van der Waals surface area contributed by atoms with Crippen LogP contribution in [-0.2, 0) is 10.5 Å². The van der Waals surface area contributed by atoms with E-state index in [9.17, 15) is 4.79 Å². The summed E-state index contributed by atoms with van der Waals surface area (Å²) < 4.78 is 5.08. The van der Waals surface area contributed by atoms with Crippen LogP contribution in [0.2, 0.25) is 5.22 Å². The molecule has 78 valence electrons. The molecule has 0 saturated carbocycles. The lowest BCUT2D eigenvalue weighted by molar-refractivity contribution is -0.136. The molecule has 0 fully saturated rings. The van der Waals surface area contributed by atoms with Gasteiger partial charge in [0.05, 0.1) is 5.75 Å². The van der Waals surface area contributed by atoms with Crippen molar-refractivity contribution in [2.24, 2.45) is 0 Å². The molecule has 1 rings (SSSR count). The second-order valence-electron chi connectivity index (χ2n) is 2.53. The number of alkyl halides is 1. The summed E-state index contributed by atoms with van der Waals surface area (Å²) in [5, 5.41) is 7.97. The minimum absolute atomic E-state index is 0.334.